The standard InChI is InChI=1S/C14H18FN3O2S/c1-9(2)16-14(21)18-17-13(19)7-5-10-4-6-12(20-3)11(15)8-10/h4-9H,1-3H3,(H,17,19)(H2,16,18,21)/b7-5+. The van der Waals surface area contributed by atoms with Crippen molar-refractivity contribution >= 4 is 29.3 Å². The summed E-state index contributed by atoms with van der Waals surface area (Å²) in [5.74, 6) is -0.733. The molecule has 21 heavy (non-hydrogen) atoms. The van der Waals surface area contributed by atoms with Crippen molar-refractivity contribution in [2.24, 2.45) is 0 Å². The fraction of sp³-hybridized carbons (Fsp3) is 0.286. The van der Waals surface area contributed by atoms with E-state index in [2.05, 4.69) is 16.2 Å². The van der Waals surface area contributed by atoms with Crippen LogP contribution in [0.4, 0.5) is 4.39 Å². The lowest BCUT2D eigenvalue weighted by Crippen LogP contribution is -2.48. The van der Waals surface area contributed by atoms with E-state index in [1.807, 2.05) is 13.8 Å². The fourth-order valence-corrected chi connectivity index (χ4v) is 1.70. The summed E-state index contributed by atoms with van der Waals surface area (Å²) >= 11 is 4.95. The minimum atomic E-state index is -0.486. The number of hydrogen-bond donors (Lipinski definition) is 3. The van der Waals surface area contributed by atoms with Crippen LogP contribution in [0, 0.1) is 5.82 Å². The maximum absolute atomic E-state index is 13.5. The minimum Gasteiger partial charge on any atom is -0.494 e. The number of thiocarbonyl (C=S) groups is 1. The molecule has 0 fully saturated rings. The Morgan fingerprint density at radius 3 is 2.67 bits per heavy atom. The molecule has 0 radical (unpaired) electrons. The van der Waals surface area contributed by atoms with E-state index in [1.165, 1.54) is 31.4 Å². The highest BCUT2D eigenvalue weighted by Crippen LogP contribution is 2.18. The second-order valence-electron chi connectivity index (χ2n) is 4.47. The van der Waals surface area contributed by atoms with Crippen molar-refractivity contribution in [1.29, 1.82) is 0 Å². The van der Waals surface area contributed by atoms with Gasteiger partial charge in [-0.15, -0.1) is 0 Å². The molecule has 0 unspecified atom stereocenters. The van der Waals surface area contributed by atoms with Crippen LogP contribution in [0.25, 0.3) is 6.08 Å². The molecule has 7 heteroatoms. The van der Waals surface area contributed by atoms with E-state index in [0.717, 1.165) is 0 Å². The van der Waals surface area contributed by atoms with Gasteiger partial charge in [0.2, 0.25) is 0 Å². The zero-order valence-electron chi connectivity index (χ0n) is 12.1. The predicted molar refractivity (Wildman–Crippen MR) is 84.1 cm³/mol. The van der Waals surface area contributed by atoms with Gasteiger partial charge in [-0.05, 0) is 49.8 Å². The molecular formula is C14H18FN3O2S. The van der Waals surface area contributed by atoms with Crippen LogP contribution in [0.3, 0.4) is 0 Å². The van der Waals surface area contributed by atoms with Gasteiger partial charge in [-0.25, -0.2) is 4.39 Å². The predicted octanol–water partition coefficient (Wildman–Crippen LogP) is 1.75. The molecule has 0 aromatic heterocycles. The summed E-state index contributed by atoms with van der Waals surface area (Å²) in [5, 5.41) is 3.23. The van der Waals surface area contributed by atoms with Crippen molar-refractivity contribution in [3.05, 3.63) is 35.7 Å². The van der Waals surface area contributed by atoms with Crippen LogP contribution >= 0.6 is 12.2 Å². The summed E-state index contributed by atoms with van der Waals surface area (Å²) in [5.41, 5.74) is 5.50. The smallest absolute Gasteiger partial charge is 0.262 e. The largest absolute Gasteiger partial charge is 0.494 e. The second-order valence-corrected chi connectivity index (χ2v) is 4.88. The lowest BCUT2D eigenvalue weighted by atomic mass is 10.2. The Labute approximate surface area is 128 Å². The Kier molecular flexibility index (Phi) is 6.61. The van der Waals surface area contributed by atoms with E-state index in [4.69, 9.17) is 17.0 Å². The Bertz CT molecular complexity index is 547. The molecule has 0 bridgehead atoms. The number of benzene rings is 1. The molecule has 1 aromatic rings. The van der Waals surface area contributed by atoms with E-state index < -0.39 is 11.7 Å². The Morgan fingerprint density at radius 2 is 2.10 bits per heavy atom. The van der Waals surface area contributed by atoms with E-state index in [1.54, 1.807) is 6.07 Å². The highest BCUT2D eigenvalue weighted by Gasteiger charge is 2.02. The van der Waals surface area contributed by atoms with Crippen LogP contribution in [-0.4, -0.2) is 24.2 Å². The van der Waals surface area contributed by atoms with E-state index in [0.29, 0.717) is 10.7 Å². The monoisotopic (exact) mass is 311 g/mol. The van der Waals surface area contributed by atoms with E-state index in [-0.39, 0.29) is 11.8 Å². The quantitative estimate of drug-likeness (QED) is 0.449. The molecule has 1 amide bonds. The number of hydrazine groups is 1. The molecule has 0 saturated carbocycles. The molecule has 0 spiro atoms. The third-order valence-electron chi connectivity index (χ3n) is 2.32. The molecule has 5 nitrogen and oxygen atoms in total. The van der Waals surface area contributed by atoms with Gasteiger partial charge in [-0.2, -0.15) is 0 Å². The van der Waals surface area contributed by atoms with Crippen molar-refractivity contribution in [2.75, 3.05) is 7.11 Å². The van der Waals surface area contributed by atoms with Gasteiger partial charge >= 0.3 is 0 Å². The van der Waals surface area contributed by atoms with Gasteiger partial charge in [0.15, 0.2) is 16.7 Å². The summed E-state index contributed by atoms with van der Waals surface area (Å²) in [6.45, 7) is 3.85. The van der Waals surface area contributed by atoms with Gasteiger partial charge in [-0.3, -0.25) is 15.6 Å². The van der Waals surface area contributed by atoms with Gasteiger partial charge in [0.1, 0.15) is 0 Å². The number of nitrogens with one attached hydrogen (secondary N) is 3. The fourth-order valence-electron chi connectivity index (χ4n) is 1.42. The first kappa shape index (κ1) is 16.9. The number of methoxy groups -OCH3 is 1. The van der Waals surface area contributed by atoms with Crippen LogP contribution in [0.2, 0.25) is 0 Å². The number of hydrogen-bond acceptors (Lipinski definition) is 3. The van der Waals surface area contributed by atoms with E-state index in [9.17, 15) is 9.18 Å². The van der Waals surface area contributed by atoms with Crippen LogP contribution in [0.15, 0.2) is 24.3 Å². The van der Waals surface area contributed by atoms with Crippen molar-refractivity contribution in [2.45, 2.75) is 19.9 Å². The molecule has 0 saturated heterocycles. The van der Waals surface area contributed by atoms with Gasteiger partial charge in [0.25, 0.3) is 5.91 Å². The number of carbonyl (C=O) groups is 1. The van der Waals surface area contributed by atoms with Gasteiger partial charge in [0, 0.05) is 12.1 Å². The highest BCUT2D eigenvalue weighted by molar-refractivity contribution is 7.80. The van der Waals surface area contributed by atoms with Gasteiger partial charge < -0.3 is 10.1 Å². The molecule has 0 aliphatic carbocycles. The Morgan fingerprint density at radius 1 is 1.38 bits per heavy atom. The molecule has 114 valence electrons. The van der Waals surface area contributed by atoms with Crippen LogP contribution in [0.1, 0.15) is 19.4 Å². The van der Waals surface area contributed by atoms with Crippen LogP contribution in [0.5, 0.6) is 5.75 Å². The number of rotatable bonds is 4. The summed E-state index contributed by atoms with van der Waals surface area (Å²) in [4.78, 5) is 11.5. The van der Waals surface area contributed by atoms with Crippen molar-refractivity contribution in [3.63, 3.8) is 0 Å². The molecule has 0 atom stereocenters. The summed E-state index contributed by atoms with van der Waals surface area (Å²) < 4.78 is 18.3. The first-order valence-electron chi connectivity index (χ1n) is 6.30. The molecule has 0 aliphatic heterocycles. The highest BCUT2D eigenvalue weighted by atomic mass is 32.1. The normalized spacial score (nSPS) is 10.5. The van der Waals surface area contributed by atoms with E-state index >= 15 is 0 Å². The molecule has 1 rings (SSSR count). The lowest BCUT2D eigenvalue weighted by Gasteiger charge is -2.12. The molecule has 0 aliphatic rings. The van der Waals surface area contributed by atoms with Gasteiger partial charge in [-0.1, -0.05) is 6.07 Å². The minimum absolute atomic E-state index is 0.156. The maximum Gasteiger partial charge on any atom is 0.262 e. The zero-order chi connectivity index (χ0) is 15.8. The third-order valence-corrected chi connectivity index (χ3v) is 2.54. The zero-order valence-corrected chi connectivity index (χ0v) is 12.9. The average Bonchev–Trinajstić information content (AvgIpc) is 2.42. The maximum atomic E-state index is 13.5. The molecule has 3 N–H and O–H groups in total. The summed E-state index contributed by atoms with van der Waals surface area (Å²) in [6.07, 6.45) is 2.75. The van der Waals surface area contributed by atoms with Crippen molar-refractivity contribution in [1.82, 2.24) is 16.2 Å². The summed E-state index contributed by atoms with van der Waals surface area (Å²) in [6, 6.07) is 4.58. The first-order chi connectivity index (χ1) is 9.92. The molecule has 1 aromatic carbocycles. The Hall–Kier alpha value is -2.15. The van der Waals surface area contributed by atoms with Crippen LogP contribution in [-0.2, 0) is 4.79 Å². The lowest BCUT2D eigenvalue weighted by molar-refractivity contribution is -0.116. The average molecular weight is 311 g/mol. The number of carbonyl (C=O) groups excluding carboxylic acids is 1. The van der Waals surface area contributed by atoms with Gasteiger partial charge in [0.05, 0.1) is 7.11 Å². The SMILES string of the molecule is COc1ccc(/C=C/C(=O)NNC(=S)NC(C)C)cc1F. The first-order valence-corrected chi connectivity index (χ1v) is 6.71. The topological polar surface area (TPSA) is 62.4 Å². The molecular weight excluding hydrogens is 293 g/mol. The van der Waals surface area contributed by atoms with Crippen molar-refractivity contribution < 1.29 is 13.9 Å². The Balaban J connectivity index is 2.50. The summed E-state index contributed by atoms with van der Waals surface area (Å²) in [7, 11) is 1.39. The second kappa shape index (κ2) is 8.21. The molecule has 0 heterocycles. The van der Waals surface area contributed by atoms with Crippen molar-refractivity contribution in [3.8, 4) is 5.75 Å². The number of halogens is 1. The number of amides is 1. The third kappa shape index (κ3) is 6.22. The number of ether oxygens (including phenoxy) is 1. The van der Waals surface area contributed by atoms with Crippen LogP contribution < -0.4 is 20.9 Å².